The number of halogens is 1. The summed E-state index contributed by atoms with van der Waals surface area (Å²) in [5.74, 6) is -0.434. The minimum absolute atomic E-state index is 0.0103. The van der Waals surface area contributed by atoms with Crippen molar-refractivity contribution < 1.29 is 17.7 Å². The lowest BCUT2D eigenvalue weighted by Crippen LogP contribution is -2.48. The van der Waals surface area contributed by atoms with Crippen molar-refractivity contribution in [3.8, 4) is 0 Å². The molecule has 0 amide bonds. The minimum Gasteiger partial charge on any atom is -0.313 e. The molecule has 2 aromatic rings. The molecule has 3 rings (SSSR count). The molecule has 1 aliphatic rings. The summed E-state index contributed by atoms with van der Waals surface area (Å²) in [7, 11) is -3.89. The average Bonchev–Trinajstić information content (AvgIpc) is 2.61. The lowest BCUT2D eigenvalue weighted by Gasteiger charge is -2.35. The Hall–Kier alpha value is -2.36. The van der Waals surface area contributed by atoms with Crippen LogP contribution in [0.4, 0.5) is 10.1 Å². The molecule has 1 atom stereocenters. The maximum absolute atomic E-state index is 13.6. The third kappa shape index (κ3) is 3.46. The van der Waals surface area contributed by atoms with Crippen molar-refractivity contribution in [2.75, 3.05) is 19.6 Å². The number of benzene rings is 2. The number of hydrogen-bond donors (Lipinski definition) is 1. The number of nitro groups is 1. The van der Waals surface area contributed by atoms with E-state index in [9.17, 15) is 22.9 Å². The molecule has 26 heavy (non-hydrogen) atoms. The summed E-state index contributed by atoms with van der Waals surface area (Å²) in [6.45, 7) is 2.55. The van der Waals surface area contributed by atoms with Crippen LogP contribution in [-0.2, 0) is 10.0 Å². The number of sulfonamides is 1. The molecule has 1 saturated heterocycles. The fourth-order valence-electron chi connectivity index (χ4n) is 3.10. The van der Waals surface area contributed by atoms with Crippen LogP contribution in [0.3, 0.4) is 0 Å². The van der Waals surface area contributed by atoms with E-state index >= 15 is 0 Å². The number of piperazine rings is 1. The molecule has 7 nitrogen and oxygen atoms in total. The number of nitro benzene ring substituents is 1. The van der Waals surface area contributed by atoms with Crippen LogP contribution in [0.15, 0.2) is 47.4 Å². The van der Waals surface area contributed by atoms with Gasteiger partial charge in [0, 0.05) is 31.3 Å². The zero-order chi connectivity index (χ0) is 18.9. The van der Waals surface area contributed by atoms with Crippen molar-refractivity contribution in [2.24, 2.45) is 0 Å². The van der Waals surface area contributed by atoms with Gasteiger partial charge in [0.1, 0.15) is 5.82 Å². The molecule has 0 aromatic heterocycles. The van der Waals surface area contributed by atoms with Gasteiger partial charge < -0.3 is 5.32 Å². The first-order valence-corrected chi connectivity index (χ1v) is 9.48. The van der Waals surface area contributed by atoms with Crippen LogP contribution in [0.2, 0.25) is 0 Å². The number of hydrogen-bond acceptors (Lipinski definition) is 5. The Morgan fingerprint density at radius 1 is 1.27 bits per heavy atom. The molecule has 138 valence electrons. The Labute approximate surface area is 150 Å². The van der Waals surface area contributed by atoms with E-state index in [2.05, 4.69) is 5.32 Å². The highest BCUT2D eigenvalue weighted by Crippen LogP contribution is 2.31. The minimum atomic E-state index is -3.89. The normalized spacial score (nSPS) is 18.6. The molecule has 9 heteroatoms. The Morgan fingerprint density at radius 3 is 2.69 bits per heavy atom. The first-order chi connectivity index (χ1) is 12.3. The summed E-state index contributed by atoms with van der Waals surface area (Å²) in [6, 6.07) is 9.04. The van der Waals surface area contributed by atoms with Gasteiger partial charge in [0.25, 0.3) is 5.69 Å². The first-order valence-electron chi connectivity index (χ1n) is 8.04. The second-order valence-electron chi connectivity index (χ2n) is 6.10. The Morgan fingerprint density at radius 2 is 2.04 bits per heavy atom. The third-order valence-electron chi connectivity index (χ3n) is 4.40. The van der Waals surface area contributed by atoms with Crippen LogP contribution in [0.5, 0.6) is 0 Å². The van der Waals surface area contributed by atoms with Crippen molar-refractivity contribution in [1.82, 2.24) is 9.62 Å². The molecule has 2 aromatic carbocycles. The summed E-state index contributed by atoms with van der Waals surface area (Å²) < 4.78 is 41.2. The van der Waals surface area contributed by atoms with Gasteiger partial charge in [-0.3, -0.25) is 10.1 Å². The molecule has 1 heterocycles. The maximum atomic E-state index is 13.6. The molecule has 1 N–H and O–H groups in total. The van der Waals surface area contributed by atoms with E-state index in [1.807, 2.05) is 0 Å². The van der Waals surface area contributed by atoms with E-state index < -0.39 is 26.8 Å². The molecular weight excluding hydrogens is 361 g/mol. The average molecular weight is 379 g/mol. The van der Waals surface area contributed by atoms with Crippen molar-refractivity contribution in [1.29, 1.82) is 0 Å². The largest absolute Gasteiger partial charge is 0.313 e. The highest BCUT2D eigenvalue weighted by Gasteiger charge is 2.35. The van der Waals surface area contributed by atoms with E-state index in [-0.39, 0.29) is 22.7 Å². The summed E-state index contributed by atoms with van der Waals surface area (Å²) in [5.41, 5.74) is 0.693. The molecular formula is C17H18FN3O4S. The maximum Gasteiger partial charge on any atom is 0.272 e. The molecule has 1 fully saturated rings. The van der Waals surface area contributed by atoms with Gasteiger partial charge in [-0.1, -0.05) is 12.1 Å². The van der Waals surface area contributed by atoms with Crippen LogP contribution in [0.25, 0.3) is 0 Å². The second kappa shape index (κ2) is 7.10. The van der Waals surface area contributed by atoms with Crippen LogP contribution >= 0.6 is 0 Å². The highest BCUT2D eigenvalue weighted by molar-refractivity contribution is 7.89. The number of nitrogens with zero attached hydrogens (tertiary/aromatic N) is 2. The lowest BCUT2D eigenvalue weighted by molar-refractivity contribution is -0.385. The quantitative estimate of drug-likeness (QED) is 0.650. The summed E-state index contributed by atoms with van der Waals surface area (Å²) in [6.07, 6.45) is 0. The fourth-order valence-corrected chi connectivity index (χ4v) is 4.80. The molecule has 1 unspecified atom stereocenters. The molecule has 1 aliphatic heterocycles. The van der Waals surface area contributed by atoms with Crippen molar-refractivity contribution in [3.63, 3.8) is 0 Å². The van der Waals surface area contributed by atoms with Gasteiger partial charge in [0.15, 0.2) is 0 Å². The van der Waals surface area contributed by atoms with E-state index in [4.69, 9.17) is 0 Å². The van der Waals surface area contributed by atoms with Crippen LogP contribution in [0.1, 0.15) is 17.2 Å². The molecule has 0 aliphatic carbocycles. The molecule has 0 saturated carbocycles. The summed E-state index contributed by atoms with van der Waals surface area (Å²) in [4.78, 5) is 10.4. The molecule has 0 spiro atoms. The standard InChI is InChI=1S/C17H18FN3O4S/c1-12-9-15(5-6-16(12)21(22)23)26(24,25)20-8-7-19-11-17(20)13-3-2-4-14(18)10-13/h2-6,9-10,17,19H,7-8,11H2,1H3. The predicted molar refractivity (Wildman–Crippen MR) is 93.7 cm³/mol. The second-order valence-corrected chi connectivity index (χ2v) is 7.99. The summed E-state index contributed by atoms with van der Waals surface area (Å²) in [5, 5.41) is 14.1. The number of aryl methyl sites for hydroxylation is 1. The van der Waals surface area contributed by atoms with Gasteiger partial charge in [0.05, 0.1) is 15.9 Å². The first kappa shape index (κ1) is 18.4. The van der Waals surface area contributed by atoms with Crippen molar-refractivity contribution in [2.45, 2.75) is 17.9 Å². The summed E-state index contributed by atoms with van der Waals surface area (Å²) >= 11 is 0. The van der Waals surface area contributed by atoms with E-state index in [1.165, 1.54) is 41.6 Å². The van der Waals surface area contributed by atoms with Gasteiger partial charge in [-0.25, -0.2) is 12.8 Å². The van der Waals surface area contributed by atoms with E-state index in [0.29, 0.717) is 18.7 Å². The van der Waals surface area contributed by atoms with Gasteiger partial charge in [0.2, 0.25) is 10.0 Å². The van der Waals surface area contributed by atoms with Crippen molar-refractivity contribution >= 4 is 15.7 Å². The Kier molecular flexibility index (Phi) is 5.03. The Balaban J connectivity index is 2.01. The van der Waals surface area contributed by atoms with Crippen LogP contribution in [-0.4, -0.2) is 37.3 Å². The van der Waals surface area contributed by atoms with Crippen molar-refractivity contribution in [3.05, 3.63) is 69.5 Å². The van der Waals surface area contributed by atoms with Gasteiger partial charge in [-0.05, 0) is 36.8 Å². The molecule has 0 radical (unpaired) electrons. The zero-order valence-electron chi connectivity index (χ0n) is 14.1. The monoisotopic (exact) mass is 379 g/mol. The van der Waals surface area contributed by atoms with Crippen LogP contribution < -0.4 is 5.32 Å². The molecule has 0 bridgehead atoms. The van der Waals surface area contributed by atoms with Gasteiger partial charge in [-0.2, -0.15) is 4.31 Å². The Bertz CT molecular complexity index is 949. The fraction of sp³-hybridized carbons (Fsp3) is 0.294. The smallest absolute Gasteiger partial charge is 0.272 e. The number of rotatable bonds is 4. The highest BCUT2D eigenvalue weighted by atomic mass is 32.2. The zero-order valence-corrected chi connectivity index (χ0v) is 14.9. The van der Waals surface area contributed by atoms with Crippen LogP contribution in [0, 0.1) is 22.9 Å². The number of nitrogens with one attached hydrogen (secondary N) is 1. The third-order valence-corrected chi connectivity index (χ3v) is 6.30. The lowest BCUT2D eigenvalue weighted by atomic mass is 10.1. The topological polar surface area (TPSA) is 92.6 Å². The van der Waals surface area contributed by atoms with Gasteiger partial charge >= 0.3 is 0 Å². The van der Waals surface area contributed by atoms with Gasteiger partial charge in [-0.15, -0.1) is 0 Å². The van der Waals surface area contributed by atoms with E-state index in [0.717, 1.165) is 0 Å². The predicted octanol–water partition coefficient (Wildman–Crippen LogP) is 2.38. The SMILES string of the molecule is Cc1cc(S(=O)(=O)N2CCNCC2c2cccc(F)c2)ccc1[N+](=O)[O-]. The van der Waals surface area contributed by atoms with E-state index in [1.54, 1.807) is 12.1 Å².